The lowest BCUT2D eigenvalue weighted by Crippen LogP contribution is -2.19. The molecule has 1 aliphatic rings. The van der Waals surface area contributed by atoms with Crippen LogP contribution in [0.25, 0.3) is 0 Å². The lowest BCUT2D eigenvalue weighted by atomic mass is 10.1. The van der Waals surface area contributed by atoms with E-state index in [0.29, 0.717) is 10.6 Å². The molecule has 1 heterocycles. The van der Waals surface area contributed by atoms with Crippen LogP contribution in [0.2, 0.25) is 0 Å². The van der Waals surface area contributed by atoms with Gasteiger partial charge in [-0.1, -0.05) is 6.07 Å². The molecule has 16 heavy (non-hydrogen) atoms. The summed E-state index contributed by atoms with van der Waals surface area (Å²) in [5.41, 5.74) is 0.807. The number of thioether (sulfide) groups is 1. The molecule has 1 aliphatic heterocycles. The van der Waals surface area contributed by atoms with Gasteiger partial charge < -0.3 is 5.32 Å². The third-order valence-corrected chi connectivity index (χ3v) is 3.14. The highest BCUT2D eigenvalue weighted by atomic mass is 32.2. The number of rotatable bonds is 1. The molecule has 2 nitrogen and oxygen atoms in total. The van der Waals surface area contributed by atoms with Gasteiger partial charge in [0.05, 0.1) is 17.9 Å². The van der Waals surface area contributed by atoms with E-state index in [0.717, 1.165) is 0 Å². The summed E-state index contributed by atoms with van der Waals surface area (Å²) in [7, 11) is 0. The SMILES string of the molecule is O=C1CSc2cc(CC(F)(F)F)ccc2N1. The van der Waals surface area contributed by atoms with E-state index in [1.165, 1.54) is 30.0 Å². The van der Waals surface area contributed by atoms with Crippen LogP contribution in [0.15, 0.2) is 23.1 Å². The Labute approximate surface area is 94.2 Å². The van der Waals surface area contributed by atoms with Gasteiger partial charge in [0.2, 0.25) is 5.91 Å². The van der Waals surface area contributed by atoms with Crippen molar-refractivity contribution in [2.75, 3.05) is 11.1 Å². The van der Waals surface area contributed by atoms with E-state index in [9.17, 15) is 18.0 Å². The monoisotopic (exact) mass is 247 g/mol. The largest absolute Gasteiger partial charge is 0.393 e. The molecule has 1 aromatic rings. The van der Waals surface area contributed by atoms with E-state index in [2.05, 4.69) is 5.32 Å². The maximum atomic E-state index is 12.2. The predicted molar refractivity (Wildman–Crippen MR) is 55.6 cm³/mol. The number of carbonyl (C=O) groups is 1. The number of amides is 1. The standard InChI is InChI=1S/C10H8F3NOS/c11-10(12,13)4-6-1-2-7-8(3-6)16-5-9(15)14-7/h1-3H,4-5H2,(H,14,15). The minimum absolute atomic E-state index is 0.124. The summed E-state index contributed by atoms with van der Waals surface area (Å²) in [6.45, 7) is 0. The van der Waals surface area contributed by atoms with Gasteiger partial charge in [-0.15, -0.1) is 11.8 Å². The van der Waals surface area contributed by atoms with Crippen molar-refractivity contribution in [1.29, 1.82) is 0 Å². The van der Waals surface area contributed by atoms with Gasteiger partial charge in [-0.2, -0.15) is 13.2 Å². The third-order valence-electron chi connectivity index (χ3n) is 2.08. The Hall–Kier alpha value is -1.17. The second-order valence-corrected chi connectivity index (χ2v) is 4.48. The molecule has 0 aromatic heterocycles. The normalized spacial score (nSPS) is 15.6. The second kappa shape index (κ2) is 4.01. The van der Waals surface area contributed by atoms with Crippen molar-refractivity contribution in [2.45, 2.75) is 17.5 Å². The second-order valence-electron chi connectivity index (χ2n) is 3.46. The summed E-state index contributed by atoms with van der Waals surface area (Å²) in [4.78, 5) is 11.7. The molecule has 0 saturated carbocycles. The van der Waals surface area contributed by atoms with Crippen LogP contribution in [0.3, 0.4) is 0 Å². The molecule has 0 bridgehead atoms. The molecule has 0 aliphatic carbocycles. The van der Waals surface area contributed by atoms with Crippen molar-refractivity contribution < 1.29 is 18.0 Å². The van der Waals surface area contributed by atoms with Crippen LogP contribution < -0.4 is 5.32 Å². The molecular formula is C10H8F3NOS. The number of fused-ring (bicyclic) bond motifs is 1. The van der Waals surface area contributed by atoms with E-state index in [1.54, 1.807) is 0 Å². The minimum Gasteiger partial charge on any atom is -0.324 e. The van der Waals surface area contributed by atoms with Crippen LogP contribution in [-0.4, -0.2) is 17.8 Å². The number of hydrogen-bond donors (Lipinski definition) is 1. The van der Waals surface area contributed by atoms with Crippen LogP contribution in [0.4, 0.5) is 18.9 Å². The smallest absolute Gasteiger partial charge is 0.324 e. The van der Waals surface area contributed by atoms with Crippen LogP contribution >= 0.6 is 11.8 Å². The number of hydrogen-bond acceptors (Lipinski definition) is 2. The van der Waals surface area contributed by atoms with Crippen LogP contribution in [0.1, 0.15) is 5.56 Å². The third kappa shape index (κ3) is 2.69. The highest BCUT2D eigenvalue weighted by Gasteiger charge is 2.28. The number of halogens is 3. The molecule has 1 aromatic carbocycles. The van der Waals surface area contributed by atoms with E-state index in [-0.39, 0.29) is 17.2 Å². The first-order valence-corrected chi connectivity index (χ1v) is 5.55. The molecule has 0 saturated heterocycles. The quantitative estimate of drug-likeness (QED) is 0.826. The first kappa shape index (κ1) is 11.3. The molecule has 86 valence electrons. The molecule has 0 unspecified atom stereocenters. The first-order valence-electron chi connectivity index (χ1n) is 4.56. The van der Waals surface area contributed by atoms with Crippen LogP contribution in [0, 0.1) is 0 Å². The molecule has 0 radical (unpaired) electrons. The average molecular weight is 247 g/mol. The summed E-state index contributed by atoms with van der Waals surface area (Å²) in [6, 6.07) is 4.38. The van der Waals surface area contributed by atoms with Crippen LogP contribution in [-0.2, 0) is 11.2 Å². The summed E-state index contributed by atoms with van der Waals surface area (Å²) in [5.74, 6) is 0.128. The van der Waals surface area contributed by atoms with E-state index in [1.807, 2.05) is 0 Å². The van der Waals surface area contributed by atoms with Gasteiger partial charge in [0, 0.05) is 4.90 Å². The molecular weight excluding hydrogens is 239 g/mol. The highest BCUT2D eigenvalue weighted by Crippen LogP contribution is 2.33. The van der Waals surface area contributed by atoms with Crippen LogP contribution in [0.5, 0.6) is 0 Å². The van der Waals surface area contributed by atoms with Crippen molar-refractivity contribution in [2.24, 2.45) is 0 Å². The Morgan fingerprint density at radius 2 is 2.12 bits per heavy atom. The average Bonchev–Trinajstić information content (AvgIpc) is 2.16. The van der Waals surface area contributed by atoms with Gasteiger partial charge in [-0.3, -0.25) is 4.79 Å². The van der Waals surface area contributed by atoms with Gasteiger partial charge >= 0.3 is 6.18 Å². The summed E-state index contributed by atoms with van der Waals surface area (Å²) < 4.78 is 36.5. The molecule has 0 atom stereocenters. The zero-order chi connectivity index (χ0) is 11.8. The minimum atomic E-state index is -4.20. The maximum Gasteiger partial charge on any atom is 0.393 e. The van der Waals surface area contributed by atoms with Crippen molar-refractivity contribution >= 4 is 23.4 Å². The van der Waals surface area contributed by atoms with Gasteiger partial charge in [0.15, 0.2) is 0 Å². The molecule has 6 heteroatoms. The summed E-state index contributed by atoms with van der Waals surface area (Å²) in [5, 5.41) is 2.61. The molecule has 1 N–H and O–H groups in total. The van der Waals surface area contributed by atoms with Crippen molar-refractivity contribution in [3.05, 3.63) is 23.8 Å². The molecule has 1 amide bonds. The topological polar surface area (TPSA) is 29.1 Å². The fourth-order valence-corrected chi connectivity index (χ4v) is 2.33. The number of alkyl halides is 3. The van der Waals surface area contributed by atoms with E-state index in [4.69, 9.17) is 0 Å². The number of benzene rings is 1. The predicted octanol–water partition coefficient (Wildman–Crippen LogP) is 2.84. The van der Waals surface area contributed by atoms with Crippen molar-refractivity contribution in [3.63, 3.8) is 0 Å². The Bertz CT molecular complexity index is 431. The van der Waals surface area contributed by atoms with Gasteiger partial charge in [0.25, 0.3) is 0 Å². The van der Waals surface area contributed by atoms with Gasteiger partial charge in [0.1, 0.15) is 0 Å². The van der Waals surface area contributed by atoms with E-state index < -0.39 is 12.6 Å². The lowest BCUT2D eigenvalue weighted by molar-refractivity contribution is -0.127. The van der Waals surface area contributed by atoms with Gasteiger partial charge in [-0.25, -0.2) is 0 Å². The fraction of sp³-hybridized carbons (Fsp3) is 0.300. The highest BCUT2D eigenvalue weighted by molar-refractivity contribution is 8.00. The lowest BCUT2D eigenvalue weighted by Gasteiger charge is -2.17. The van der Waals surface area contributed by atoms with Gasteiger partial charge in [-0.05, 0) is 17.7 Å². The Kier molecular flexibility index (Phi) is 2.84. The first-order chi connectivity index (χ1) is 7.44. The Morgan fingerprint density at radius 3 is 2.81 bits per heavy atom. The summed E-state index contributed by atoms with van der Waals surface area (Å²) in [6.07, 6.45) is -5.13. The summed E-state index contributed by atoms with van der Waals surface area (Å²) >= 11 is 1.26. The molecule has 0 spiro atoms. The number of carbonyl (C=O) groups excluding carboxylic acids is 1. The number of nitrogens with one attached hydrogen (secondary N) is 1. The zero-order valence-corrected chi connectivity index (χ0v) is 8.91. The molecule has 2 rings (SSSR count). The number of anilines is 1. The van der Waals surface area contributed by atoms with E-state index >= 15 is 0 Å². The zero-order valence-electron chi connectivity index (χ0n) is 8.10. The Balaban J connectivity index is 2.23. The van der Waals surface area contributed by atoms with Crippen molar-refractivity contribution in [3.8, 4) is 0 Å². The van der Waals surface area contributed by atoms with Crippen molar-refractivity contribution in [1.82, 2.24) is 0 Å². The molecule has 0 fully saturated rings. The maximum absolute atomic E-state index is 12.2. The Morgan fingerprint density at radius 1 is 1.38 bits per heavy atom. The fourth-order valence-electron chi connectivity index (χ4n) is 1.46.